The Balaban J connectivity index is 2.34. The summed E-state index contributed by atoms with van der Waals surface area (Å²) in [7, 11) is 0. The van der Waals surface area contributed by atoms with Crippen LogP contribution < -0.4 is 0 Å². The van der Waals surface area contributed by atoms with Crippen LogP contribution in [0.2, 0.25) is 0 Å². The summed E-state index contributed by atoms with van der Waals surface area (Å²) in [5, 5.41) is 9.17. The smallest absolute Gasteiger partial charge is 0.126 e. The van der Waals surface area contributed by atoms with Crippen molar-refractivity contribution in [3.05, 3.63) is 6.10 Å². The number of ether oxygens (including phenoxy) is 1. The predicted octanol–water partition coefficient (Wildman–Crippen LogP) is 2.52. The molecular weight excluding hydrogens is 164 g/mol. The highest BCUT2D eigenvalue weighted by Gasteiger charge is 2.25. The Labute approximate surface area is 81.3 Å². The molecule has 1 rings (SSSR count). The van der Waals surface area contributed by atoms with E-state index in [1.54, 1.807) is 0 Å². The Morgan fingerprint density at radius 3 is 2.38 bits per heavy atom. The fourth-order valence-electron chi connectivity index (χ4n) is 1.99. The van der Waals surface area contributed by atoms with Crippen LogP contribution in [0, 0.1) is 12.0 Å². The van der Waals surface area contributed by atoms with Crippen molar-refractivity contribution in [3.8, 4) is 0 Å². The lowest BCUT2D eigenvalue weighted by molar-refractivity contribution is 0.0159. The first-order chi connectivity index (χ1) is 6.24. The van der Waals surface area contributed by atoms with Gasteiger partial charge in [0, 0.05) is 0 Å². The first-order valence-electron chi connectivity index (χ1n) is 5.37. The van der Waals surface area contributed by atoms with Crippen LogP contribution in [0.1, 0.15) is 46.0 Å². The highest BCUT2D eigenvalue weighted by Crippen LogP contribution is 2.32. The normalized spacial score (nSPS) is 20.1. The molecule has 0 spiro atoms. The quantitative estimate of drug-likeness (QED) is 0.729. The summed E-state index contributed by atoms with van der Waals surface area (Å²) < 4.78 is 5.61. The van der Waals surface area contributed by atoms with Crippen LogP contribution in [0.15, 0.2) is 0 Å². The molecule has 0 aromatic heterocycles. The summed E-state index contributed by atoms with van der Waals surface area (Å²) in [5.74, 6) is 0.515. The zero-order chi connectivity index (χ0) is 9.68. The molecule has 1 aliphatic rings. The van der Waals surface area contributed by atoms with Crippen LogP contribution in [0.5, 0.6) is 0 Å². The van der Waals surface area contributed by atoms with Crippen molar-refractivity contribution in [2.45, 2.75) is 52.1 Å². The summed E-state index contributed by atoms with van der Waals surface area (Å²) in [4.78, 5) is 0. The molecule has 0 aliphatic heterocycles. The monoisotopic (exact) mass is 185 g/mol. The van der Waals surface area contributed by atoms with Crippen molar-refractivity contribution in [1.29, 1.82) is 0 Å². The van der Waals surface area contributed by atoms with Gasteiger partial charge in [0.1, 0.15) is 6.10 Å². The van der Waals surface area contributed by atoms with Crippen LogP contribution in [-0.2, 0) is 4.74 Å². The molecule has 1 N–H and O–H groups in total. The van der Waals surface area contributed by atoms with Crippen molar-refractivity contribution in [2.24, 2.45) is 5.92 Å². The van der Waals surface area contributed by atoms with Crippen LogP contribution in [-0.4, -0.2) is 17.8 Å². The molecule has 2 heteroatoms. The standard InChI is InChI=1S/C11H21O2/c1-9(2)13-11(8-12)10-6-4-3-5-7-10/h9-10,12H,3-8H2,1-2H3. The van der Waals surface area contributed by atoms with Gasteiger partial charge < -0.3 is 9.84 Å². The van der Waals surface area contributed by atoms with Gasteiger partial charge in [0.25, 0.3) is 0 Å². The average Bonchev–Trinajstić information content (AvgIpc) is 2.15. The van der Waals surface area contributed by atoms with E-state index in [9.17, 15) is 0 Å². The van der Waals surface area contributed by atoms with E-state index in [2.05, 4.69) is 0 Å². The lowest BCUT2D eigenvalue weighted by atomic mass is 9.85. The van der Waals surface area contributed by atoms with Crippen molar-refractivity contribution in [3.63, 3.8) is 0 Å². The zero-order valence-electron chi connectivity index (χ0n) is 8.75. The summed E-state index contributed by atoms with van der Waals surface area (Å²) in [6.07, 6.45) is 7.42. The van der Waals surface area contributed by atoms with Crippen LogP contribution in [0.3, 0.4) is 0 Å². The van der Waals surface area contributed by atoms with Gasteiger partial charge in [-0.15, -0.1) is 0 Å². The summed E-state index contributed by atoms with van der Waals surface area (Å²) in [6, 6.07) is 0. The Bertz CT molecular complexity index is 128. The molecule has 0 bridgehead atoms. The van der Waals surface area contributed by atoms with Crippen LogP contribution >= 0.6 is 0 Å². The van der Waals surface area contributed by atoms with E-state index in [0.29, 0.717) is 5.92 Å². The lowest BCUT2D eigenvalue weighted by Crippen LogP contribution is -2.24. The Hall–Kier alpha value is -0.0800. The maximum Gasteiger partial charge on any atom is 0.126 e. The number of rotatable bonds is 4. The minimum atomic E-state index is 0.100. The topological polar surface area (TPSA) is 29.5 Å². The molecule has 0 saturated heterocycles. The van der Waals surface area contributed by atoms with Gasteiger partial charge in [-0.05, 0) is 32.6 Å². The minimum absolute atomic E-state index is 0.100. The molecule has 1 fully saturated rings. The van der Waals surface area contributed by atoms with E-state index in [-0.39, 0.29) is 12.7 Å². The second-order valence-corrected chi connectivity index (χ2v) is 4.13. The molecule has 1 aliphatic carbocycles. The molecule has 0 heterocycles. The van der Waals surface area contributed by atoms with Crippen molar-refractivity contribution in [1.82, 2.24) is 0 Å². The second-order valence-electron chi connectivity index (χ2n) is 4.13. The molecule has 0 unspecified atom stereocenters. The van der Waals surface area contributed by atoms with E-state index >= 15 is 0 Å². The van der Waals surface area contributed by atoms with Gasteiger partial charge in [0.2, 0.25) is 0 Å². The molecule has 0 amide bonds. The summed E-state index contributed by atoms with van der Waals surface area (Å²) in [6.45, 7) is 4.12. The Kier molecular flexibility index (Phi) is 4.74. The molecular formula is C11H21O2. The van der Waals surface area contributed by atoms with Gasteiger partial charge in [-0.2, -0.15) is 0 Å². The van der Waals surface area contributed by atoms with Crippen molar-refractivity contribution >= 4 is 0 Å². The molecule has 1 radical (unpaired) electrons. The maximum absolute atomic E-state index is 9.17. The predicted molar refractivity (Wildman–Crippen MR) is 53.1 cm³/mol. The maximum atomic E-state index is 9.17. The molecule has 0 atom stereocenters. The van der Waals surface area contributed by atoms with Gasteiger partial charge in [0.15, 0.2) is 0 Å². The molecule has 2 nitrogen and oxygen atoms in total. The molecule has 77 valence electrons. The Morgan fingerprint density at radius 1 is 1.31 bits per heavy atom. The minimum Gasteiger partial charge on any atom is -0.393 e. The van der Waals surface area contributed by atoms with E-state index in [4.69, 9.17) is 9.84 Å². The Morgan fingerprint density at radius 2 is 1.92 bits per heavy atom. The SMILES string of the molecule is CC(C)O[C](CO)C1CCCCC1. The zero-order valence-corrected chi connectivity index (χ0v) is 8.75. The van der Waals surface area contributed by atoms with Gasteiger partial charge in [-0.3, -0.25) is 0 Å². The summed E-state index contributed by atoms with van der Waals surface area (Å²) >= 11 is 0. The second kappa shape index (κ2) is 5.61. The number of hydrogen-bond acceptors (Lipinski definition) is 2. The average molecular weight is 185 g/mol. The fraction of sp³-hybridized carbons (Fsp3) is 0.909. The molecule has 13 heavy (non-hydrogen) atoms. The van der Waals surface area contributed by atoms with Gasteiger partial charge in [-0.1, -0.05) is 19.3 Å². The van der Waals surface area contributed by atoms with Crippen molar-refractivity contribution in [2.75, 3.05) is 6.61 Å². The van der Waals surface area contributed by atoms with E-state index in [1.807, 2.05) is 13.8 Å². The largest absolute Gasteiger partial charge is 0.393 e. The third-order valence-electron chi connectivity index (χ3n) is 2.60. The van der Waals surface area contributed by atoms with E-state index in [1.165, 1.54) is 32.1 Å². The van der Waals surface area contributed by atoms with Gasteiger partial charge >= 0.3 is 0 Å². The first-order valence-corrected chi connectivity index (χ1v) is 5.37. The van der Waals surface area contributed by atoms with E-state index in [0.717, 1.165) is 6.10 Å². The number of hydrogen-bond donors (Lipinski definition) is 1. The van der Waals surface area contributed by atoms with Gasteiger partial charge in [0.05, 0.1) is 12.7 Å². The number of aliphatic hydroxyl groups excluding tert-OH is 1. The fourth-order valence-corrected chi connectivity index (χ4v) is 1.99. The highest BCUT2D eigenvalue weighted by atomic mass is 16.5. The number of aliphatic hydroxyl groups is 1. The van der Waals surface area contributed by atoms with E-state index < -0.39 is 0 Å². The van der Waals surface area contributed by atoms with Crippen LogP contribution in [0.4, 0.5) is 0 Å². The van der Waals surface area contributed by atoms with Gasteiger partial charge in [-0.25, -0.2) is 0 Å². The third kappa shape index (κ3) is 3.65. The first kappa shape index (κ1) is 11.0. The molecule has 0 aromatic rings. The van der Waals surface area contributed by atoms with Crippen molar-refractivity contribution < 1.29 is 9.84 Å². The van der Waals surface area contributed by atoms with Crippen LogP contribution in [0.25, 0.3) is 0 Å². The summed E-state index contributed by atoms with van der Waals surface area (Å²) in [5.41, 5.74) is 0. The third-order valence-corrected chi connectivity index (χ3v) is 2.60. The highest BCUT2D eigenvalue weighted by molar-refractivity contribution is 4.89. The lowest BCUT2D eigenvalue weighted by Gasteiger charge is -2.29. The molecule has 0 aromatic carbocycles. The molecule has 1 saturated carbocycles.